The number of aliphatic imine (C=N–C) groups is 2. The fourth-order valence-corrected chi connectivity index (χ4v) is 2.19. The number of nitrogens with zero attached hydrogens (tertiary/aromatic N) is 2. The van der Waals surface area contributed by atoms with Crippen LogP contribution < -0.4 is 0 Å². The van der Waals surface area contributed by atoms with Gasteiger partial charge in [-0.05, 0) is 18.8 Å². The van der Waals surface area contributed by atoms with Gasteiger partial charge in [-0.2, -0.15) is 13.2 Å². The van der Waals surface area contributed by atoms with Crippen LogP contribution in [0.5, 0.6) is 0 Å². The van der Waals surface area contributed by atoms with Crippen LogP contribution in [0.4, 0.5) is 13.2 Å². The number of ether oxygens (including phenoxy) is 2. The van der Waals surface area contributed by atoms with E-state index in [-0.39, 0.29) is 24.8 Å². The van der Waals surface area contributed by atoms with Crippen LogP contribution in [-0.4, -0.2) is 44.3 Å². The van der Waals surface area contributed by atoms with E-state index in [4.69, 9.17) is 9.47 Å². The third-order valence-electron chi connectivity index (χ3n) is 3.95. The molecule has 0 saturated heterocycles. The van der Waals surface area contributed by atoms with Crippen molar-refractivity contribution in [3.63, 3.8) is 0 Å². The first kappa shape index (κ1) is 18.8. The van der Waals surface area contributed by atoms with Gasteiger partial charge < -0.3 is 9.47 Å². The molecule has 22 heavy (non-hydrogen) atoms. The SMILES string of the molecule is COC1=N[C@H](C(C)C)C(OC)=N[C@@H]1CCC(C)(C)C(F)(F)F. The zero-order chi connectivity index (χ0) is 17.1. The monoisotopic (exact) mass is 322 g/mol. The Morgan fingerprint density at radius 1 is 1.05 bits per heavy atom. The molecule has 2 atom stereocenters. The van der Waals surface area contributed by atoms with Crippen molar-refractivity contribution in [1.29, 1.82) is 0 Å². The van der Waals surface area contributed by atoms with Crippen LogP contribution in [0.1, 0.15) is 40.5 Å². The third kappa shape index (κ3) is 4.14. The zero-order valence-electron chi connectivity index (χ0n) is 14.0. The summed E-state index contributed by atoms with van der Waals surface area (Å²) in [5, 5.41) is 0. The maximum atomic E-state index is 13.0. The minimum atomic E-state index is -4.25. The van der Waals surface area contributed by atoms with Crippen LogP contribution in [-0.2, 0) is 9.47 Å². The predicted octanol–water partition coefficient (Wildman–Crippen LogP) is 3.85. The second kappa shape index (κ2) is 6.87. The third-order valence-corrected chi connectivity index (χ3v) is 3.95. The summed E-state index contributed by atoms with van der Waals surface area (Å²) in [7, 11) is 2.96. The van der Waals surface area contributed by atoms with Crippen molar-refractivity contribution in [1.82, 2.24) is 0 Å². The van der Waals surface area contributed by atoms with Crippen LogP contribution in [0, 0.1) is 11.3 Å². The van der Waals surface area contributed by atoms with E-state index in [0.717, 1.165) is 0 Å². The summed E-state index contributed by atoms with van der Waals surface area (Å²) in [5.74, 6) is 0.986. The number of alkyl halides is 3. The van der Waals surface area contributed by atoms with E-state index in [9.17, 15) is 13.2 Å². The van der Waals surface area contributed by atoms with Crippen molar-refractivity contribution in [3.8, 4) is 0 Å². The summed E-state index contributed by atoms with van der Waals surface area (Å²) < 4.78 is 49.4. The number of hydrogen-bond donors (Lipinski definition) is 0. The quantitative estimate of drug-likeness (QED) is 0.789. The molecule has 7 heteroatoms. The molecule has 1 aliphatic rings. The molecule has 0 aromatic rings. The Morgan fingerprint density at radius 2 is 1.59 bits per heavy atom. The van der Waals surface area contributed by atoms with E-state index < -0.39 is 17.6 Å². The molecular formula is C15H25F3N2O2. The predicted molar refractivity (Wildman–Crippen MR) is 80.4 cm³/mol. The Morgan fingerprint density at radius 3 is 2.00 bits per heavy atom. The van der Waals surface area contributed by atoms with Gasteiger partial charge in [-0.1, -0.05) is 27.7 Å². The highest BCUT2D eigenvalue weighted by Crippen LogP contribution is 2.41. The van der Waals surface area contributed by atoms with E-state index in [0.29, 0.717) is 11.8 Å². The highest BCUT2D eigenvalue weighted by atomic mass is 19.4. The molecule has 1 heterocycles. The molecule has 0 aromatic heterocycles. The Balaban J connectivity index is 2.90. The lowest BCUT2D eigenvalue weighted by Crippen LogP contribution is -2.39. The van der Waals surface area contributed by atoms with Gasteiger partial charge in [0.2, 0.25) is 11.8 Å². The largest absolute Gasteiger partial charge is 0.483 e. The molecule has 0 saturated carbocycles. The van der Waals surface area contributed by atoms with Gasteiger partial charge in [0.05, 0.1) is 19.6 Å². The summed E-state index contributed by atoms with van der Waals surface area (Å²) in [6, 6.07) is -0.789. The Kier molecular flexibility index (Phi) is 5.87. The minimum absolute atomic E-state index is 0.0591. The standard InChI is InChI=1S/C15H25F3N2O2/c1-9(2)11-13(22-6)19-10(12(20-11)21-5)7-8-14(3,4)15(16,17)18/h9-11H,7-8H2,1-6H3/t10-,11-/m1/s1. The average molecular weight is 322 g/mol. The second-order valence-electron chi connectivity index (χ2n) is 6.47. The first-order valence-corrected chi connectivity index (χ1v) is 7.33. The molecule has 0 radical (unpaired) electrons. The Hall–Kier alpha value is -1.27. The topological polar surface area (TPSA) is 43.2 Å². The van der Waals surface area contributed by atoms with Gasteiger partial charge in [0.25, 0.3) is 0 Å². The highest BCUT2D eigenvalue weighted by molar-refractivity contribution is 5.94. The molecule has 128 valence electrons. The molecule has 0 amide bonds. The summed E-state index contributed by atoms with van der Waals surface area (Å²) >= 11 is 0. The number of methoxy groups -OCH3 is 2. The van der Waals surface area contributed by atoms with Crippen molar-refractivity contribution in [2.45, 2.75) is 58.8 Å². The molecule has 4 nitrogen and oxygen atoms in total. The molecule has 1 aliphatic heterocycles. The van der Waals surface area contributed by atoms with Gasteiger partial charge in [0.1, 0.15) is 12.1 Å². The summed E-state index contributed by atoms with van der Waals surface area (Å²) in [4.78, 5) is 8.87. The molecule has 0 aromatic carbocycles. The van der Waals surface area contributed by atoms with Crippen molar-refractivity contribution in [3.05, 3.63) is 0 Å². The van der Waals surface area contributed by atoms with Gasteiger partial charge in [0.15, 0.2) is 0 Å². The lowest BCUT2D eigenvalue weighted by atomic mass is 9.85. The molecule has 1 rings (SSSR count). The maximum absolute atomic E-state index is 13.0. The van der Waals surface area contributed by atoms with E-state index in [1.807, 2.05) is 13.8 Å². The number of hydrogen-bond acceptors (Lipinski definition) is 4. The van der Waals surface area contributed by atoms with Crippen LogP contribution in [0.15, 0.2) is 9.98 Å². The van der Waals surface area contributed by atoms with Crippen LogP contribution in [0.25, 0.3) is 0 Å². The van der Waals surface area contributed by atoms with E-state index in [1.165, 1.54) is 28.1 Å². The van der Waals surface area contributed by atoms with Gasteiger partial charge in [-0.25, -0.2) is 9.98 Å². The summed E-state index contributed by atoms with van der Waals surface area (Å²) in [6.07, 6.45) is -4.10. The van der Waals surface area contributed by atoms with Gasteiger partial charge in [0, 0.05) is 0 Å². The fourth-order valence-electron chi connectivity index (χ4n) is 2.19. The Labute approximate surface area is 129 Å². The van der Waals surface area contributed by atoms with Gasteiger partial charge >= 0.3 is 6.18 Å². The van der Waals surface area contributed by atoms with Crippen molar-refractivity contribution in [2.24, 2.45) is 21.3 Å². The van der Waals surface area contributed by atoms with Crippen molar-refractivity contribution in [2.75, 3.05) is 14.2 Å². The molecule has 0 bridgehead atoms. The Bertz CT molecular complexity index is 443. The van der Waals surface area contributed by atoms with Crippen molar-refractivity contribution < 1.29 is 22.6 Å². The van der Waals surface area contributed by atoms with E-state index in [1.54, 1.807) is 0 Å². The van der Waals surface area contributed by atoms with Gasteiger partial charge in [-0.15, -0.1) is 0 Å². The summed E-state index contributed by atoms with van der Waals surface area (Å²) in [5.41, 5.74) is -1.77. The minimum Gasteiger partial charge on any atom is -0.483 e. The molecule has 0 fully saturated rings. The van der Waals surface area contributed by atoms with Crippen molar-refractivity contribution >= 4 is 11.8 Å². The number of halogens is 3. The first-order chi connectivity index (χ1) is 10.0. The molecule has 0 N–H and O–H groups in total. The average Bonchev–Trinajstić information content (AvgIpc) is 2.42. The van der Waals surface area contributed by atoms with E-state index in [2.05, 4.69) is 9.98 Å². The van der Waals surface area contributed by atoms with Crippen LogP contribution >= 0.6 is 0 Å². The van der Waals surface area contributed by atoms with Crippen LogP contribution in [0.3, 0.4) is 0 Å². The molecule has 0 spiro atoms. The fraction of sp³-hybridized carbons (Fsp3) is 0.867. The second-order valence-corrected chi connectivity index (χ2v) is 6.47. The first-order valence-electron chi connectivity index (χ1n) is 7.33. The molecule has 0 unspecified atom stereocenters. The lowest BCUT2D eigenvalue weighted by molar-refractivity contribution is -0.214. The molecular weight excluding hydrogens is 297 g/mol. The number of rotatable bonds is 4. The van der Waals surface area contributed by atoms with E-state index >= 15 is 0 Å². The summed E-state index contributed by atoms with van der Waals surface area (Å²) in [6.45, 7) is 6.33. The van der Waals surface area contributed by atoms with Crippen LogP contribution in [0.2, 0.25) is 0 Å². The molecule has 0 aliphatic carbocycles. The smallest absolute Gasteiger partial charge is 0.393 e. The van der Waals surface area contributed by atoms with Gasteiger partial charge in [-0.3, -0.25) is 0 Å². The zero-order valence-corrected chi connectivity index (χ0v) is 14.0. The lowest BCUT2D eigenvalue weighted by Gasteiger charge is -2.31. The maximum Gasteiger partial charge on any atom is 0.393 e. The highest BCUT2D eigenvalue weighted by Gasteiger charge is 2.47. The normalized spacial score (nSPS) is 23.2.